The molecule has 1 saturated heterocycles. The van der Waals surface area contributed by atoms with Gasteiger partial charge in [-0.05, 0) is 12.3 Å². The van der Waals surface area contributed by atoms with Crippen LogP contribution in [0.4, 0.5) is 0 Å². The predicted molar refractivity (Wildman–Crippen MR) is 34.9 cm³/mol. The van der Waals surface area contributed by atoms with Gasteiger partial charge in [-0.1, -0.05) is 13.8 Å². The molecule has 2 nitrogen and oxygen atoms in total. The van der Waals surface area contributed by atoms with E-state index in [9.17, 15) is 0 Å². The fourth-order valence-electron chi connectivity index (χ4n) is 1.25. The maximum absolute atomic E-state index is 9.07. The molecule has 0 saturated carbocycles. The standard InChI is InChI=1S/C7H14O2/c1-5-3-6(2)7(8)9-4-5/h5-8H,3-4H2,1-2H3. The first-order valence-corrected chi connectivity index (χ1v) is 3.50. The Morgan fingerprint density at radius 1 is 1.44 bits per heavy atom. The van der Waals surface area contributed by atoms with Gasteiger partial charge in [0.1, 0.15) is 0 Å². The molecule has 0 bridgehead atoms. The van der Waals surface area contributed by atoms with Crippen molar-refractivity contribution < 1.29 is 9.84 Å². The van der Waals surface area contributed by atoms with Crippen molar-refractivity contribution in [2.75, 3.05) is 6.61 Å². The largest absolute Gasteiger partial charge is 0.368 e. The van der Waals surface area contributed by atoms with Crippen LogP contribution in [0.5, 0.6) is 0 Å². The van der Waals surface area contributed by atoms with Crippen molar-refractivity contribution in [3.63, 3.8) is 0 Å². The van der Waals surface area contributed by atoms with E-state index in [1.165, 1.54) is 0 Å². The molecule has 9 heavy (non-hydrogen) atoms. The van der Waals surface area contributed by atoms with Crippen molar-refractivity contribution in [1.82, 2.24) is 0 Å². The summed E-state index contributed by atoms with van der Waals surface area (Å²) in [5, 5.41) is 9.07. The molecule has 0 amide bonds. The summed E-state index contributed by atoms with van der Waals surface area (Å²) >= 11 is 0. The van der Waals surface area contributed by atoms with Gasteiger partial charge in [0, 0.05) is 5.92 Å². The maximum atomic E-state index is 9.07. The summed E-state index contributed by atoms with van der Waals surface area (Å²) in [6, 6.07) is 0. The monoisotopic (exact) mass is 130 g/mol. The van der Waals surface area contributed by atoms with Crippen molar-refractivity contribution in [3.05, 3.63) is 0 Å². The summed E-state index contributed by atoms with van der Waals surface area (Å²) in [7, 11) is 0. The Balaban J connectivity index is 2.35. The van der Waals surface area contributed by atoms with Crippen LogP contribution in [0.2, 0.25) is 0 Å². The number of aliphatic hydroxyl groups is 1. The Bertz CT molecular complexity index is 92.9. The van der Waals surface area contributed by atoms with Crippen molar-refractivity contribution >= 4 is 0 Å². The molecule has 0 aliphatic carbocycles. The Morgan fingerprint density at radius 3 is 2.56 bits per heavy atom. The summed E-state index contributed by atoms with van der Waals surface area (Å²) in [6.45, 7) is 4.87. The first kappa shape index (κ1) is 7.03. The minimum atomic E-state index is -0.513. The Morgan fingerprint density at radius 2 is 2.11 bits per heavy atom. The second kappa shape index (κ2) is 2.67. The van der Waals surface area contributed by atoms with Crippen molar-refractivity contribution in [3.8, 4) is 0 Å². The second-order valence-electron chi connectivity index (χ2n) is 3.04. The van der Waals surface area contributed by atoms with E-state index in [0.717, 1.165) is 6.42 Å². The SMILES string of the molecule is CC1COC(O)C(C)C1. The van der Waals surface area contributed by atoms with E-state index in [2.05, 4.69) is 6.92 Å². The third-order valence-electron chi connectivity index (χ3n) is 1.81. The highest BCUT2D eigenvalue weighted by molar-refractivity contribution is 4.66. The zero-order valence-electron chi connectivity index (χ0n) is 6.00. The molecule has 0 radical (unpaired) electrons. The Hall–Kier alpha value is -0.0800. The van der Waals surface area contributed by atoms with Gasteiger partial charge >= 0.3 is 0 Å². The molecule has 0 spiro atoms. The lowest BCUT2D eigenvalue weighted by atomic mass is 9.95. The molecule has 0 aromatic rings. The van der Waals surface area contributed by atoms with E-state index in [-0.39, 0.29) is 0 Å². The zero-order chi connectivity index (χ0) is 6.85. The first-order valence-electron chi connectivity index (χ1n) is 3.50. The van der Waals surface area contributed by atoms with Crippen LogP contribution in [0.25, 0.3) is 0 Å². The number of hydrogen-bond donors (Lipinski definition) is 1. The van der Waals surface area contributed by atoms with Gasteiger partial charge in [0.2, 0.25) is 0 Å². The third-order valence-corrected chi connectivity index (χ3v) is 1.81. The summed E-state index contributed by atoms with van der Waals surface area (Å²) in [5.74, 6) is 0.928. The van der Waals surface area contributed by atoms with Crippen LogP contribution in [0, 0.1) is 11.8 Å². The minimum absolute atomic E-state index is 0.314. The normalized spacial score (nSPS) is 45.0. The maximum Gasteiger partial charge on any atom is 0.157 e. The van der Waals surface area contributed by atoms with Crippen LogP contribution < -0.4 is 0 Å². The molecule has 1 aliphatic rings. The van der Waals surface area contributed by atoms with Gasteiger partial charge in [-0.15, -0.1) is 0 Å². The van der Waals surface area contributed by atoms with Gasteiger partial charge < -0.3 is 9.84 Å². The van der Waals surface area contributed by atoms with E-state index in [0.29, 0.717) is 18.4 Å². The molecule has 0 aromatic heterocycles. The molecular formula is C7H14O2. The van der Waals surface area contributed by atoms with Gasteiger partial charge in [-0.3, -0.25) is 0 Å². The average molecular weight is 130 g/mol. The van der Waals surface area contributed by atoms with Crippen LogP contribution in [-0.4, -0.2) is 18.0 Å². The Labute approximate surface area is 55.8 Å². The molecule has 2 heteroatoms. The molecule has 1 fully saturated rings. The lowest BCUT2D eigenvalue weighted by molar-refractivity contribution is -0.168. The van der Waals surface area contributed by atoms with Crippen LogP contribution >= 0.6 is 0 Å². The van der Waals surface area contributed by atoms with Crippen molar-refractivity contribution in [2.45, 2.75) is 26.6 Å². The lowest BCUT2D eigenvalue weighted by Gasteiger charge is -2.28. The molecule has 54 valence electrons. The van der Waals surface area contributed by atoms with Crippen molar-refractivity contribution in [2.24, 2.45) is 11.8 Å². The van der Waals surface area contributed by atoms with Crippen molar-refractivity contribution in [1.29, 1.82) is 0 Å². The quantitative estimate of drug-likeness (QED) is 0.530. The summed E-state index contributed by atoms with van der Waals surface area (Å²) in [6.07, 6.45) is 0.572. The van der Waals surface area contributed by atoms with E-state index in [1.54, 1.807) is 0 Å². The summed E-state index contributed by atoms with van der Waals surface area (Å²) in [5.41, 5.74) is 0. The molecule has 3 unspecified atom stereocenters. The zero-order valence-corrected chi connectivity index (χ0v) is 6.00. The second-order valence-corrected chi connectivity index (χ2v) is 3.04. The van der Waals surface area contributed by atoms with E-state index in [1.807, 2.05) is 6.92 Å². The molecule has 3 atom stereocenters. The smallest absolute Gasteiger partial charge is 0.157 e. The van der Waals surface area contributed by atoms with Gasteiger partial charge in [0.05, 0.1) is 6.61 Å². The Kier molecular flexibility index (Phi) is 2.09. The van der Waals surface area contributed by atoms with Crippen LogP contribution in [0.1, 0.15) is 20.3 Å². The molecule has 0 aromatic carbocycles. The molecule has 1 aliphatic heterocycles. The molecule has 1 heterocycles. The summed E-state index contributed by atoms with van der Waals surface area (Å²) < 4.78 is 5.06. The highest BCUT2D eigenvalue weighted by atomic mass is 16.6. The highest BCUT2D eigenvalue weighted by Gasteiger charge is 2.23. The van der Waals surface area contributed by atoms with Gasteiger partial charge in [0.25, 0.3) is 0 Å². The fraction of sp³-hybridized carbons (Fsp3) is 1.00. The predicted octanol–water partition coefficient (Wildman–Crippen LogP) is 0.997. The third kappa shape index (κ3) is 1.66. The molecule has 1 rings (SSSR count). The van der Waals surface area contributed by atoms with E-state index in [4.69, 9.17) is 9.84 Å². The summed E-state index contributed by atoms with van der Waals surface area (Å²) in [4.78, 5) is 0. The first-order chi connectivity index (χ1) is 4.20. The molecular weight excluding hydrogens is 116 g/mol. The van der Waals surface area contributed by atoms with Crippen LogP contribution in [0.3, 0.4) is 0 Å². The molecule has 1 N–H and O–H groups in total. The van der Waals surface area contributed by atoms with Crippen LogP contribution in [-0.2, 0) is 4.74 Å². The van der Waals surface area contributed by atoms with E-state index < -0.39 is 6.29 Å². The minimum Gasteiger partial charge on any atom is -0.368 e. The van der Waals surface area contributed by atoms with Crippen LogP contribution in [0.15, 0.2) is 0 Å². The van der Waals surface area contributed by atoms with Gasteiger partial charge in [-0.2, -0.15) is 0 Å². The number of hydrogen-bond acceptors (Lipinski definition) is 2. The number of rotatable bonds is 0. The topological polar surface area (TPSA) is 29.5 Å². The van der Waals surface area contributed by atoms with Gasteiger partial charge in [-0.25, -0.2) is 0 Å². The van der Waals surface area contributed by atoms with E-state index >= 15 is 0 Å². The number of aliphatic hydroxyl groups excluding tert-OH is 1. The fourth-order valence-corrected chi connectivity index (χ4v) is 1.25. The average Bonchev–Trinajstić information content (AvgIpc) is 1.80. The highest BCUT2D eigenvalue weighted by Crippen LogP contribution is 2.22. The van der Waals surface area contributed by atoms with Gasteiger partial charge in [0.15, 0.2) is 6.29 Å². The number of ether oxygens (including phenoxy) is 1. The lowest BCUT2D eigenvalue weighted by Crippen LogP contribution is -2.31.